The summed E-state index contributed by atoms with van der Waals surface area (Å²) in [6.07, 6.45) is 1.55. The molecule has 4 aromatic rings. The Bertz CT molecular complexity index is 1360. The Kier molecular flexibility index (Phi) is 6.45. The predicted molar refractivity (Wildman–Crippen MR) is 141 cm³/mol. The van der Waals surface area contributed by atoms with E-state index in [1.807, 2.05) is 44.1 Å². The maximum absolute atomic E-state index is 13.3. The van der Waals surface area contributed by atoms with Crippen LogP contribution in [0.4, 0.5) is 20.7 Å². The normalized spacial score (nSPS) is 14.7. The van der Waals surface area contributed by atoms with Gasteiger partial charge in [0.1, 0.15) is 23.6 Å². The van der Waals surface area contributed by atoms with E-state index in [0.29, 0.717) is 26.2 Å². The van der Waals surface area contributed by atoms with Crippen LogP contribution in [-0.2, 0) is 0 Å². The van der Waals surface area contributed by atoms with E-state index in [2.05, 4.69) is 42.2 Å². The van der Waals surface area contributed by atoms with Crippen molar-refractivity contribution in [3.8, 4) is 11.3 Å². The van der Waals surface area contributed by atoms with E-state index in [-0.39, 0.29) is 17.9 Å². The molecule has 36 heavy (non-hydrogen) atoms. The standard InChI is InChI=1S/C27H30FN7O/c1-18(20-5-4-6-22(15-20)33(2)3)31-27(36)35-13-11-34(12-14-35)26-23-16-24(32-25(23)29-17-30-26)19-7-9-21(28)10-8-19/h4-10,15-18H,11-14H2,1-3H3,(H,31,36)(H,29,30,32)/t18-/m0/s1. The molecule has 0 unspecified atom stereocenters. The fourth-order valence-corrected chi connectivity index (χ4v) is 4.52. The van der Waals surface area contributed by atoms with Gasteiger partial charge in [-0.1, -0.05) is 12.1 Å². The number of amides is 2. The number of rotatable bonds is 5. The smallest absolute Gasteiger partial charge is 0.317 e. The van der Waals surface area contributed by atoms with Gasteiger partial charge in [0.05, 0.1) is 11.4 Å². The molecular formula is C27H30FN7O. The van der Waals surface area contributed by atoms with Crippen LogP contribution in [0, 0.1) is 5.82 Å². The first-order valence-electron chi connectivity index (χ1n) is 12.1. The second-order valence-electron chi connectivity index (χ2n) is 9.28. The highest BCUT2D eigenvalue weighted by molar-refractivity contribution is 5.92. The highest BCUT2D eigenvalue weighted by Crippen LogP contribution is 2.29. The van der Waals surface area contributed by atoms with E-state index in [0.717, 1.165) is 39.4 Å². The Morgan fingerprint density at radius 2 is 1.81 bits per heavy atom. The van der Waals surface area contributed by atoms with Crippen LogP contribution in [0.25, 0.3) is 22.3 Å². The third kappa shape index (κ3) is 4.82. The van der Waals surface area contributed by atoms with Gasteiger partial charge in [-0.05, 0) is 60.5 Å². The SMILES string of the molecule is C[C@H](NC(=O)N1CCN(c2ncnc3[nH]c(-c4ccc(F)cc4)cc23)CC1)c1cccc(N(C)C)c1. The molecule has 2 aromatic carbocycles. The average molecular weight is 488 g/mol. The summed E-state index contributed by atoms with van der Waals surface area (Å²) in [7, 11) is 4.01. The van der Waals surface area contributed by atoms with Crippen molar-refractivity contribution in [1.29, 1.82) is 0 Å². The van der Waals surface area contributed by atoms with Gasteiger partial charge < -0.3 is 25.0 Å². The van der Waals surface area contributed by atoms with Crippen LogP contribution in [0.3, 0.4) is 0 Å². The molecule has 0 aliphatic carbocycles. The largest absolute Gasteiger partial charge is 0.378 e. The van der Waals surface area contributed by atoms with Crippen LogP contribution in [0.5, 0.6) is 0 Å². The number of carbonyl (C=O) groups is 1. The van der Waals surface area contributed by atoms with Gasteiger partial charge in [0.15, 0.2) is 0 Å². The molecule has 0 saturated carbocycles. The van der Waals surface area contributed by atoms with Gasteiger partial charge in [-0.3, -0.25) is 0 Å². The maximum atomic E-state index is 13.3. The monoisotopic (exact) mass is 487 g/mol. The van der Waals surface area contributed by atoms with E-state index in [1.54, 1.807) is 18.5 Å². The van der Waals surface area contributed by atoms with Crippen molar-refractivity contribution in [3.05, 3.63) is 72.3 Å². The lowest BCUT2D eigenvalue weighted by molar-refractivity contribution is 0.191. The average Bonchev–Trinajstić information content (AvgIpc) is 3.34. The van der Waals surface area contributed by atoms with Gasteiger partial charge in [0.2, 0.25) is 0 Å². The van der Waals surface area contributed by atoms with Crippen molar-refractivity contribution in [1.82, 2.24) is 25.2 Å². The van der Waals surface area contributed by atoms with E-state index >= 15 is 0 Å². The fourth-order valence-electron chi connectivity index (χ4n) is 4.52. The molecule has 3 heterocycles. The van der Waals surface area contributed by atoms with Gasteiger partial charge in [0.25, 0.3) is 0 Å². The Labute approximate surface area is 209 Å². The quantitative estimate of drug-likeness (QED) is 0.436. The zero-order valence-corrected chi connectivity index (χ0v) is 20.7. The lowest BCUT2D eigenvalue weighted by Crippen LogP contribution is -2.52. The molecule has 1 aliphatic heterocycles. The van der Waals surface area contributed by atoms with E-state index in [4.69, 9.17) is 0 Å². The topological polar surface area (TPSA) is 80.4 Å². The number of anilines is 2. The third-order valence-electron chi connectivity index (χ3n) is 6.65. The lowest BCUT2D eigenvalue weighted by Gasteiger charge is -2.36. The molecule has 2 amide bonds. The van der Waals surface area contributed by atoms with Gasteiger partial charge in [-0.25, -0.2) is 19.2 Å². The number of H-pyrrole nitrogens is 1. The molecular weight excluding hydrogens is 457 g/mol. The van der Waals surface area contributed by atoms with Crippen molar-refractivity contribution in [2.75, 3.05) is 50.1 Å². The van der Waals surface area contributed by atoms with E-state index in [1.165, 1.54) is 12.1 Å². The minimum absolute atomic E-state index is 0.0644. The number of piperazine rings is 1. The first-order valence-corrected chi connectivity index (χ1v) is 12.1. The minimum atomic E-state index is -0.270. The van der Waals surface area contributed by atoms with Crippen LogP contribution in [0.2, 0.25) is 0 Å². The molecule has 1 atom stereocenters. The molecule has 1 fully saturated rings. The zero-order chi connectivity index (χ0) is 25.2. The lowest BCUT2D eigenvalue weighted by atomic mass is 10.1. The Hall–Kier alpha value is -4.14. The summed E-state index contributed by atoms with van der Waals surface area (Å²) in [5, 5.41) is 4.04. The third-order valence-corrected chi connectivity index (χ3v) is 6.65. The highest BCUT2D eigenvalue weighted by Gasteiger charge is 2.25. The summed E-state index contributed by atoms with van der Waals surface area (Å²) in [4.78, 5) is 31.3. The van der Waals surface area contributed by atoms with Crippen LogP contribution < -0.4 is 15.1 Å². The number of carbonyl (C=O) groups excluding carboxylic acids is 1. The van der Waals surface area contributed by atoms with Crippen LogP contribution >= 0.6 is 0 Å². The number of nitrogens with zero attached hydrogens (tertiary/aromatic N) is 5. The molecule has 5 rings (SSSR count). The molecule has 2 N–H and O–H groups in total. The van der Waals surface area contributed by atoms with Crippen molar-refractivity contribution in [2.45, 2.75) is 13.0 Å². The molecule has 0 spiro atoms. The summed E-state index contributed by atoms with van der Waals surface area (Å²) in [5.41, 5.74) is 4.64. The fraction of sp³-hybridized carbons (Fsp3) is 0.296. The molecule has 0 bridgehead atoms. The molecule has 1 saturated heterocycles. The second kappa shape index (κ2) is 9.85. The number of nitrogens with one attached hydrogen (secondary N) is 2. The molecule has 8 nitrogen and oxygen atoms in total. The first-order chi connectivity index (χ1) is 17.4. The van der Waals surface area contributed by atoms with E-state index < -0.39 is 0 Å². The van der Waals surface area contributed by atoms with Gasteiger partial charge in [-0.15, -0.1) is 0 Å². The Balaban J connectivity index is 1.25. The number of fused-ring (bicyclic) bond motifs is 1. The first kappa shape index (κ1) is 23.6. The van der Waals surface area contributed by atoms with Crippen molar-refractivity contribution in [3.63, 3.8) is 0 Å². The van der Waals surface area contributed by atoms with Crippen LogP contribution in [-0.4, -0.2) is 66.2 Å². The Morgan fingerprint density at radius 3 is 2.53 bits per heavy atom. The number of urea groups is 1. The molecule has 2 aromatic heterocycles. The van der Waals surface area contributed by atoms with Crippen LogP contribution in [0.1, 0.15) is 18.5 Å². The summed E-state index contributed by atoms with van der Waals surface area (Å²) in [6.45, 7) is 4.53. The number of aromatic amines is 1. The molecule has 0 radical (unpaired) electrons. The number of hydrogen-bond donors (Lipinski definition) is 2. The van der Waals surface area contributed by atoms with Crippen LogP contribution in [0.15, 0.2) is 60.9 Å². The summed E-state index contributed by atoms with van der Waals surface area (Å²) < 4.78 is 13.3. The predicted octanol–water partition coefficient (Wildman–Crippen LogP) is 4.42. The highest BCUT2D eigenvalue weighted by atomic mass is 19.1. The van der Waals surface area contributed by atoms with Crippen molar-refractivity contribution >= 4 is 28.6 Å². The zero-order valence-electron chi connectivity index (χ0n) is 20.7. The molecule has 186 valence electrons. The van der Waals surface area contributed by atoms with Crippen molar-refractivity contribution in [2.24, 2.45) is 0 Å². The van der Waals surface area contributed by atoms with E-state index in [9.17, 15) is 9.18 Å². The second-order valence-corrected chi connectivity index (χ2v) is 9.28. The number of halogens is 1. The summed E-state index contributed by atoms with van der Waals surface area (Å²) in [6, 6.07) is 16.4. The maximum Gasteiger partial charge on any atom is 0.317 e. The van der Waals surface area contributed by atoms with Gasteiger partial charge in [-0.2, -0.15) is 0 Å². The van der Waals surface area contributed by atoms with Gasteiger partial charge in [0, 0.05) is 51.7 Å². The number of benzene rings is 2. The van der Waals surface area contributed by atoms with Gasteiger partial charge >= 0.3 is 6.03 Å². The molecule has 1 aliphatic rings. The minimum Gasteiger partial charge on any atom is -0.378 e. The summed E-state index contributed by atoms with van der Waals surface area (Å²) in [5.74, 6) is 0.562. The Morgan fingerprint density at radius 1 is 1.06 bits per heavy atom. The number of aromatic nitrogens is 3. The molecule has 9 heteroatoms. The number of hydrogen-bond acceptors (Lipinski definition) is 5. The summed E-state index contributed by atoms with van der Waals surface area (Å²) >= 11 is 0. The van der Waals surface area contributed by atoms with Crippen molar-refractivity contribution < 1.29 is 9.18 Å².